The lowest BCUT2D eigenvalue weighted by Crippen LogP contribution is -2.39. The van der Waals surface area contributed by atoms with Crippen LogP contribution in [-0.2, 0) is 9.59 Å². The topological polar surface area (TPSA) is 153 Å². The summed E-state index contributed by atoms with van der Waals surface area (Å²) in [6, 6.07) is -1.07. The maximum Gasteiger partial charge on any atom is 0.244 e. The number of nitrogens with one attached hydrogen (secondary N) is 2. The monoisotopic (exact) mass is 283 g/mol. The number of halogens is 1. The number of imidazole rings is 1. The third-order valence-electron chi connectivity index (χ3n) is 2.23. The summed E-state index contributed by atoms with van der Waals surface area (Å²) in [5, 5.41) is 2.45. The summed E-state index contributed by atoms with van der Waals surface area (Å²) >= 11 is 5.87. The summed E-state index contributed by atoms with van der Waals surface area (Å²) in [6.45, 7) is 0. The molecule has 19 heavy (non-hydrogen) atoms. The van der Waals surface area contributed by atoms with Crippen LogP contribution in [0.1, 0.15) is 6.42 Å². The predicted molar refractivity (Wildman–Crippen MR) is 67.1 cm³/mol. The first-order valence-corrected chi connectivity index (χ1v) is 5.56. The van der Waals surface area contributed by atoms with Crippen molar-refractivity contribution >= 4 is 40.5 Å². The molecule has 1 atom stereocenters. The number of amides is 2. The van der Waals surface area contributed by atoms with Crippen molar-refractivity contribution in [1.82, 2.24) is 19.9 Å². The van der Waals surface area contributed by atoms with Crippen LogP contribution in [0, 0.1) is 0 Å². The van der Waals surface area contributed by atoms with E-state index in [2.05, 4.69) is 25.3 Å². The van der Waals surface area contributed by atoms with E-state index in [9.17, 15) is 9.59 Å². The third kappa shape index (κ3) is 2.95. The highest BCUT2D eigenvalue weighted by Gasteiger charge is 2.18. The Morgan fingerprint density at radius 3 is 2.89 bits per heavy atom. The van der Waals surface area contributed by atoms with Crippen LogP contribution in [0.25, 0.3) is 11.2 Å². The van der Waals surface area contributed by atoms with Gasteiger partial charge in [-0.25, -0.2) is 4.98 Å². The van der Waals surface area contributed by atoms with Crippen LogP contribution in [0.3, 0.4) is 0 Å². The molecule has 10 heteroatoms. The Bertz CT molecular complexity index is 641. The molecule has 0 aliphatic carbocycles. The molecule has 0 bridgehead atoms. The maximum atomic E-state index is 11.6. The van der Waals surface area contributed by atoms with Gasteiger partial charge in [0.2, 0.25) is 17.8 Å². The minimum Gasteiger partial charge on any atom is -0.370 e. The van der Waals surface area contributed by atoms with E-state index in [1.807, 2.05) is 0 Å². The Morgan fingerprint density at radius 2 is 2.21 bits per heavy atom. The molecular formula is C9H10ClN7O2. The number of rotatable bonds is 4. The van der Waals surface area contributed by atoms with Gasteiger partial charge in [-0.15, -0.1) is 0 Å². The molecule has 0 saturated carbocycles. The molecule has 2 amide bonds. The Balaban J connectivity index is 2.16. The van der Waals surface area contributed by atoms with Gasteiger partial charge in [0.15, 0.2) is 10.8 Å². The van der Waals surface area contributed by atoms with E-state index in [1.165, 1.54) is 6.33 Å². The SMILES string of the molecule is NC(=O)CC(N)C(=O)Nc1nc(Cl)c2[nH]cnc2n1. The van der Waals surface area contributed by atoms with Gasteiger partial charge in [-0.05, 0) is 0 Å². The summed E-state index contributed by atoms with van der Waals surface area (Å²) in [5.41, 5.74) is 11.2. The first kappa shape index (κ1) is 13.2. The molecule has 0 radical (unpaired) electrons. The van der Waals surface area contributed by atoms with Crippen molar-refractivity contribution in [3.63, 3.8) is 0 Å². The second-order valence-corrected chi connectivity index (χ2v) is 4.06. The molecule has 0 fully saturated rings. The van der Waals surface area contributed by atoms with Gasteiger partial charge in [-0.1, -0.05) is 11.6 Å². The van der Waals surface area contributed by atoms with Gasteiger partial charge in [0.25, 0.3) is 0 Å². The standard InChI is InChI=1S/C9H10ClN7O2/c10-6-5-7(14-2-13-5)16-9(15-6)17-8(19)3(11)1-4(12)18/h2-3H,1,11H2,(H2,12,18)(H2,13,14,15,16,17,19). The lowest BCUT2D eigenvalue weighted by molar-refractivity contribution is -0.123. The van der Waals surface area contributed by atoms with E-state index in [4.69, 9.17) is 23.1 Å². The molecule has 100 valence electrons. The van der Waals surface area contributed by atoms with Crippen LogP contribution < -0.4 is 16.8 Å². The highest BCUT2D eigenvalue weighted by molar-refractivity contribution is 6.33. The van der Waals surface area contributed by atoms with Gasteiger partial charge in [-0.3, -0.25) is 14.9 Å². The lowest BCUT2D eigenvalue weighted by atomic mass is 10.2. The average molecular weight is 284 g/mol. The molecule has 0 saturated heterocycles. The second-order valence-electron chi connectivity index (χ2n) is 3.71. The number of hydrogen-bond acceptors (Lipinski definition) is 6. The number of carbonyl (C=O) groups is 2. The molecule has 0 spiro atoms. The number of aromatic amines is 1. The number of aromatic nitrogens is 4. The Labute approximate surface area is 111 Å². The van der Waals surface area contributed by atoms with E-state index < -0.39 is 17.9 Å². The predicted octanol–water partition coefficient (Wildman–Crippen LogP) is -0.853. The first-order valence-electron chi connectivity index (χ1n) is 5.18. The van der Waals surface area contributed by atoms with E-state index in [0.717, 1.165) is 0 Å². The van der Waals surface area contributed by atoms with Gasteiger partial charge in [0, 0.05) is 0 Å². The van der Waals surface area contributed by atoms with Crippen molar-refractivity contribution in [1.29, 1.82) is 0 Å². The number of anilines is 1. The summed E-state index contributed by atoms with van der Waals surface area (Å²) in [4.78, 5) is 36.7. The zero-order valence-electron chi connectivity index (χ0n) is 9.55. The van der Waals surface area contributed by atoms with E-state index >= 15 is 0 Å². The lowest BCUT2D eigenvalue weighted by Gasteiger charge is -2.09. The average Bonchev–Trinajstić information content (AvgIpc) is 2.76. The number of hydrogen-bond donors (Lipinski definition) is 4. The molecule has 0 aromatic carbocycles. The first-order chi connectivity index (χ1) is 8.97. The minimum atomic E-state index is -1.07. The van der Waals surface area contributed by atoms with Crippen LogP contribution in [-0.4, -0.2) is 37.8 Å². The summed E-state index contributed by atoms with van der Waals surface area (Å²) < 4.78 is 0. The zero-order chi connectivity index (χ0) is 14.0. The van der Waals surface area contributed by atoms with Crippen molar-refractivity contribution in [3.8, 4) is 0 Å². The van der Waals surface area contributed by atoms with Crippen LogP contribution >= 0.6 is 11.6 Å². The fourth-order valence-electron chi connectivity index (χ4n) is 1.37. The number of primary amides is 1. The molecule has 2 rings (SSSR count). The van der Waals surface area contributed by atoms with Gasteiger partial charge >= 0.3 is 0 Å². The molecular weight excluding hydrogens is 274 g/mol. The molecule has 0 aliphatic rings. The number of nitrogens with two attached hydrogens (primary N) is 2. The maximum absolute atomic E-state index is 11.6. The fraction of sp³-hybridized carbons (Fsp3) is 0.222. The van der Waals surface area contributed by atoms with Crippen LogP contribution in [0.15, 0.2) is 6.33 Å². The van der Waals surface area contributed by atoms with Crippen molar-refractivity contribution in [2.24, 2.45) is 11.5 Å². The minimum absolute atomic E-state index is 0.0467. The molecule has 1 unspecified atom stereocenters. The summed E-state index contributed by atoms with van der Waals surface area (Å²) in [6.07, 6.45) is 1.12. The summed E-state index contributed by atoms with van der Waals surface area (Å²) in [5.74, 6) is -1.36. The molecule has 2 aromatic rings. The third-order valence-corrected chi connectivity index (χ3v) is 2.51. The molecule has 0 aliphatic heterocycles. The number of carbonyl (C=O) groups excluding carboxylic acids is 2. The van der Waals surface area contributed by atoms with Crippen molar-refractivity contribution in [3.05, 3.63) is 11.5 Å². The van der Waals surface area contributed by atoms with Crippen molar-refractivity contribution < 1.29 is 9.59 Å². The highest BCUT2D eigenvalue weighted by atomic mass is 35.5. The largest absolute Gasteiger partial charge is 0.370 e. The normalized spacial score (nSPS) is 12.3. The van der Waals surface area contributed by atoms with Crippen molar-refractivity contribution in [2.45, 2.75) is 12.5 Å². The molecule has 2 aromatic heterocycles. The zero-order valence-corrected chi connectivity index (χ0v) is 10.3. The quantitative estimate of drug-likeness (QED) is 0.536. The fourth-order valence-corrected chi connectivity index (χ4v) is 1.59. The van der Waals surface area contributed by atoms with Crippen molar-refractivity contribution in [2.75, 3.05) is 5.32 Å². The van der Waals surface area contributed by atoms with Crippen LogP contribution in [0.2, 0.25) is 5.15 Å². The second kappa shape index (κ2) is 5.16. The molecule has 6 N–H and O–H groups in total. The van der Waals surface area contributed by atoms with Crippen LogP contribution in [0.4, 0.5) is 5.95 Å². The number of nitrogens with zero attached hydrogens (tertiary/aromatic N) is 3. The molecule has 2 heterocycles. The number of H-pyrrole nitrogens is 1. The van der Waals surface area contributed by atoms with E-state index in [-0.39, 0.29) is 17.5 Å². The smallest absolute Gasteiger partial charge is 0.244 e. The van der Waals surface area contributed by atoms with Gasteiger partial charge in [0.1, 0.15) is 5.52 Å². The Kier molecular flexibility index (Phi) is 3.58. The van der Waals surface area contributed by atoms with Gasteiger partial charge in [0.05, 0.1) is 18.8 Å². The van der Waals surface area contributed by atoms with Gasteiger partial charge in [-0.2, -0.15) is 9.97 Å². The Hall–Kier alpha value is -2.26. The summed E-state index contributed by atoms with van der Waals surface area (Å²) in [7, 11) is 0. The van der Waals surface area contributed by atoms with Crippen LogP contribution in [0.5, 0.6) is 0 Å². The Morgan fingerprint density at radius 1 is 1.47 bits per heavy atom. The van der Waals surface area contributed by atoms with E-state index in [1.54, 1.807) is 0 Å². The van der Waals surface area contributed by atoms with E-state index in [0.29, 0.717) is 11.2 Å². The molecule has 9 nitrogen and oxygen atoms in total. The number of fused-ring (bicyclic) bond motifs is 1. The highest BCUT2D eigenvalue weighted by Crippen LogP contribution is 2.18. The van der Waals surface area contributed by atoms with Gasteiger partial charge < -0.3 is 16.5 Å².